The minimum Gasteiger partial charge on any atom is -0.338 e. The smallest absolute Gasteiger partial charge is 0.263 e. The third kappa shape index (κ3) is 3.57. The van der Waals surface area contributed by atoms with Crippen molar-refractivity contribution in [3.63, 3.8) is 0 Å². The zero-order valence-electron chi connectivity index (χ0n) is 16.8. The van der Waals surface area contributed by atoms with Gasteiger partial charge in [-0.05, 0) is 18.1 Å². The maximum atomic E-state index is 12.9. The number of aromatic nitrogens is 4. The van der Waals surface area contributed by atoms with Crippen LogP contribution in [0.15, 0.2) is 83.6 Å². The van der Waals surface area contributed by atoms with Crippen molar-refractivity contribution in [2.24, 2.45) is 0 Å². The highest BCUT2D eigenvalue weighted by Crippen LogP contribution is 2.24. The number of nitrogens with one attached hydrogen (secondary N) is 1. The predicted molar refractivity (Wildman–Crippen MR) is 118 cm³/mol. The first-order chi connectivity index (χ1) is 15.2. The number of fused-ring (bicyclic) bond motifs is 1. The number of anilines is 1. The molecule has 0 aliphatic rings. The molecule has 31 heavy (non-hydrogen) atoms. The van der Waals surface area contributed by atoms with Crippen LogP contribution in [-0.2, 0) is 6.42 Å². The summed E-state index contributed by atoms with van der Waals surface area (Å²) in [5, 5.41) is 11.2. The van der Waals surface area contributed by atoms with E-state index < -0.39 is 0 Å². The molecule has 7 nitrogen and oxygen atoms in total. The SMILES string of the molecule is CCc1ccc(-c2cc(NC(=O)c3cnn4c(-c5ccccc5)ccnc34)on2)cc1. The zero-order chi connectivity index (χ0) is 21.2. The molecule has 5 aromatic rings. The van der Waals surface area contributed by atoms with Gasteiger partial charge in [-0.25, -0.2) is 9.50 Å². The Morgan fingerprint density at radius 2 is 1.84 bits per heavy atom. The fraction of sp³-hybridized carbons (Fsp3) is 0.0833. The van der Waals surface area contributed by atoms with Crippen molar-refractivity contribution in [2.75, 3.05) is 5.32 Å². The number of nitrogens with zero attached hydrogens (tertiary/aromatic N) is 4. The summed E-state index contributed by atoms with van der Waals surface area (Å²) in [5.41, 5.74) is 5.47. The van der Waals surface area contributed by atoms with E-state index >= 15 is 0 Å². The summed E-state index contributed by atoms with van der Waals surface area (Å²) in [6.07, 6.45) is 4.15. The van der Waals surface area contributed by atoms with Gasteiger partial charge in [0.2, 0.25) is 5.88 Å². The highest BCUT2D eigenvalue weighted by atomic mass is 16.5. The zero-order valence-corrected chi connectivity index (χ0v) is 16.8. The summed E-state index contributed by atoms with van der Waals surface area (Å²) in [6, 6.07) is 21.5. The number of hydrogen-bond acceptors (Lipinski definition) is 5. The number of aryl methyl sites for hydroxylation is 1. The van der Waals surface area contributed by atoms with Gasteiger partial charge in [-0.1, -0.05) is 66.7 Å². The summed E-state index contributed by atoms with van der Waals surface area (Å²) in [7, 11) is 0. The summed E-state index contributed by atoms with van der Waals surface area (Å²) >= 11 is 0. The van der Waals surface area contributed by atoms with E-state index in [-0.39, 0.29) is 11.8 Å². The van der Waals surface area contributed by atoms with Crippen LogP contribution in [0.4, 0.5) is 5.88 Å². The maximum Gasteiger partial charge on any atom is 0.263 e. The van der Waals surface area contributed by atoms with Crippen LogP contribution in [0.1, 0.15) is 22.8 Å². The molecule has 0 saturated heterocycles. The summed E-state index contributed by atoms with van der Waals surface area (Å²) < 4.78 is 6.98. The van der Waals surface area contributed by atoms with Crippen LogP contribution in [0.2, 0.25) is 0 Å². The first-order valence-corrected chi connectivity index (χ1v) is 9.98. The molecule has 0 spiro atoms. The molecular weight excluding hydrogens is 390 g/mol. The fourth-order valence-corrected chi connectivity index (χ4v) is 3.44. The molecule has 0 unspecified atom stereocenters. The molecule has 3 aromatic heterocycles. The Morgan fingerprint density at radius 3 is 2.61 bits per heavy atom. The molecule has 3 heterocycles. The van der Waals surface area contributed by atoms with Gasteiger partial charge in [0.25, 0.3) is 5.91 Å². The average molecular weight is 409 g/mol. The average Bonchev–Trinajstić information content (AvgIpc) is 3.47. The van der Waals surface area contributed by atoms with E-state index in [9.17, 15) is 4.79 Å². The van der Waals surface area contributed by atoms with Crippen molar-refractivity contribution in [1.29, 1.82) is 0 Å². The molecule has 1 amide bonds. The Bertz CT molecular complexity index is 1350. The molecule has 0 saturated carbocycles. The molecule has 0 aliphatic carbocycles. The number of benzene rings is 2. The van der Waals surface area contributed by atoms with Gasteiger partial charge in [0, 0.05) is 23.4 Å². The Labute approximate surface area is 178 Å². The molecule has 0 aliphatic heterocycles. The second-order valence-electron chi connectivity index (χ2n) is 7.07. The second kappa shape index (κ2) is 7.87. The van der Waals surface area contributed by atoms with Crippen LogP contribution < -0.4 is 5.32 Å². The maximum absolute atomic E-state index is 12.9. The minimum absolute atomic E-state index is 0.262. The summed E-state index contributed by atoms with van der Waals surface area (Å²) in [6.45, 7) is 2.11. The van der Waals surface area contributed by atoms with Crippen molar-refractivity contribution < 1.29 is 9.32 Å². The van der Waals surface area contributed by atoms with E-state index in [1.54, 1.807) is 16.8 Å². The molecule has 5 rings (SSSR count). The standard InChI is InChI=1S/C24H19N5O2/c1-2-16-8-10-17(11-9-16)20-14-22(31-28-20)27-24(30)19-15-26-29-21(12-13-25-23(19)29)18-6-4-3-5-7-18/h3-15H,2H2,1H3,(H,27,30). The Hall–Kier alpha value is -4.26. The number of carbonyl (C=O) groups excluding carboxylic acids is 1. The topological polar surface area (TPSA) is 85.3 Å². The van der Waals surface area contributed by atoms with E-state index in [0.29, 0.717) is 16.9 Å². The summed E-state index contributed by atoms with van der Waals surface area (Å²) in [5.74, 6) is -0.102. The number of amides is 1. The van der Waals surface area contributed by atoms with Crippen molar-refractivity contribution in [1.82, 2.24) is 19.8 Å². The van der Waals surface area contributed by atoms with Gasteiger partial charge < -0.3 is 4.52 Å². The molecule has 2 aromatic carbocycles. The molecule has 1 N–H and O–H groups in total. The van der Waals surface area contributed by atoms with E-state index in [2.05, 4.69) is 39.6 Å². The van der Waals surface area contributed by atoms with Crippen LogP contribution in [-0.4, -0.2) is 25.7 Å². The van der Waals surface area contributed by atoms with Crippen LogP contribution in [0.5, 0.6) is 0 Å². The summed E-state index contributed by atoms with van der Waals surface area (Å²) in [4.78, 5) is 17.2. The van der Waals surface area contributed by atoms with Gasteiger partial charge in [-0.15, -0.1) is 0 Å². The lowest BCUT2D eigenvalue weighted by Gasteiger charge is -2.04. The van der Waals surface area contributed by atoms with Crippen molar-refractivity contribution >= 4 is 17.4 Å². The van der Waals surface area contributed by atoms with E-state index in [1.165, 1.54) is 11.8 Å². The normalized spacial score (nSPS) is 11.0. The van der Waals surface area contributed by atoms with Crippen LogP contribution in [0.25, 0.3) is 28.2 Å². The molecule has 7 heteroatoms. The van der Waals surface area contributed by atoms with Gasteiger partial charge >= 0.3 is 0 Å². The lowest BCUT2D eigenvalue weighted by atomic mass is 10.1. The third-order valence-electron chi connectivity index (χ3n) is 5.12. The van der Waals surface area contributed by atoms with Crippen LogP contribution in [0, 0.1) is 0 Å². The number of rotatable bonds is 5. The van der Waals surface area contributed by atoms with E-state index in [4.69, 9.17) is 4.52 Å². The van der Waals surface area contributed by atoms with Gasteiger partial charge in [-0.2, -0.15) is 5.10 Å². The lowest BCUT2D eigenvalue weighted by molar-refractivity contribution is 0.102. The largest absolute Gasteiger partial charge is 0.338 e. The van der Waals surface area contributed by atoms with Gasteiger partial charge in [0.05, 0.1) is 11.9 Å². The fourth-order valence-electron chi connectivity index (χ4n) is 3.44. The molecule has 152 valence electrons. The first kappa shape index (κ1) is 18.7. The Balaban J connectivity index is 1.40. The number of hydrogen-bond donors (Lipinski definition) is 1. The van der Waals surface area contributed by atoms with Gasteiger partial charge in [-0.3, -0.25) is 10.1 Å². The van der Waals surface area contributed by atoms with E-state index in [0.717, 1.165) is 23.2 Å². The molecule has 0 fully saturated rings. The van der Waals surface area contributed by atoms with Crippen molar-refractivity contribution in [2.45, 2.75) is 13.3 Å². The third-order valence-corrected chi connectivity index (χ3v) is 5.12. The molecule has 0 atom stereocenters. The highest BCUT2D eigenvalue weighted by molar-refractivity contribution is 6.07. The molecule has 0 radical (unpaired) electrons. The van der Waals surface area contributed by atoms with Crippen LogP contribution >= 0.6 is 0 Å². The monoisotopic (exact) mass is 409 g/mol. The van der Waals surface area contributed by atoms with Gasteiger partial charge in [0.1, 0.15) is 11.3 Å². The predicted octanol–water partition coefficient (Wildman–Crippen LogP) is 4.87. The lowest BCUT2D eigenvalue weighted by Crippen LogP contribution is -2.11. The molecular formula is C24H19N5O2. The van der Waals surface area contributed by atoms with E-state index in [1.807, 2.05) is 48.5 Å². The minimum atomic E-state index is -0.364. The Morgan fingerprint density at radius 1 is 1.03 bits per heavy atom. The van der Waals surface area contributed by atoms with Crippen LogP contribution in [0.3, 0.4) is 0 Å². The van der Waals surface area contributed by atoms with Crippen molar-refractivity contribution in [3.05, 3.63) is 90.3 Å². The molecule has 0 bridgehead atoms. The van der Waals surface area contributed by atoms with Crippen molar-refractivity contribution in [3.8, 4) is 22.5 Å². The van der Waals surface area contributed by atoms with Gasteiger partial charge in [0.15, 0.2) is 5.65 Å². The quantitative estimate of drug-likeness (QED) is 0.448. The number of carbonyl (C=O) groups is 1. The Kier molecular flexibility index (Phi) is 4.76. The second-order valence-corrected chi connectivity index (χ2v) is 7.07. The highest BCUT2D eigenvalue weighted by Gasteiger charge is 2.18. The first-order valence-electron chi connectivity index (χ1n) is 9.98.